The van der Waals surface area contributed by atoms with E-state index in [4.69, 9.17) is 16.7 Å². The van der Waals surface area contributed by atoms with Crippen molar-refractivity contribution in [3.63, 3.8) is 0 Å². The Morgan fingerprint density at radius 3 is 2.62 bits per heavy atom. The maximum absolute atomic E-state index is 13.0. The number of amides is 1. The molecular formula is C23H31ClN4O. The highest BCUT2D eigenvalue weighted by Crippen LogP contribution is 2.27. The Labute approximate surface area is 178 Å². The zero-order valence-corrected chi connectivity index (χ0v) is 18.0. The molecule has 1 aromatic heterocycles. The van der Waals surface area contributed by atoms with Crippen LogP contribution in [0.5, 0.6) is 0 Å². The molecule has 2 heterocycles. The molecule has 1 aliphatic carbocycles. The fourth-order valence-electron chi connectivity index (χ4n) is 4.58. The van der Waals surface area contributed by atoms with Crippen molar-refractivity contribution in [1.82, 2.24) is 20.0 Å². The number of fused-ring (bicyclic) bond motifs is 1. The Balaban J connectivity index is 1.49. The first-order valence-electron chi connectivity index (χ1n) is 11.0. The van der Waals surface area contributed by atoms with Gasteiger partial charge in [-0.2, -0.15) is 5.10 Å². The molecule has 2 aliphatic rings. The number of rotatable bonds is 5. The molecule has 0 radical (unpaired) electrons. The smallest absolute Gasteiger partial charge is 0.272 e. The van der Waals surface area contributed by atoms with Gasteiger partial charge in [0.2, 0.25) is 0 Å². The fraction of sp³-hybridized carbons (Fsp3) is 0.565. The Kier molecular flexibility index (Phi) is 6.56. The average Bonchev–Trinajstić information content (AvgIpc) is 2.91. The number of carbonyl (C=O) groups excluding carboxylic acids is 1. The summed E-state index contributed by atoms with van der Waals surface area (Å²) in [5, 5.41) is 8.62. The highest BCUT2D eigenvalue weighted by molar-refractivity contribution is 6.30. The summed E-state index contributed by atoms with van der Waals surface area (Å²) in [6, 6.07) is 7.70. The summed E-state index contributed by atoms with van der Waals surface area (Å²) in [5.74, 6) is 0.694. The summed E-state index contributed by atoms with van der Waals surface area (Å²) in [6.07, 6.45) is 8.87. The van der Waals surface area contributed by atoms with E-state index in [1.54, 1.807) is 0 Å². The van der Waals surface area contributed by atoms with Crippen LogP contribution >= 0.6 is 11.6 Å². The highest BCUT2D eigenvalue weighted by atomic mass is 35.5. The van der Waals surface area contributed by atoms with E-state index in [9.17, 15) is 4.79 Å². The van der Waals surface area contributed by atoms with E-state index < -0.39 is 0 Å². The van der Waals surface area contributed by atoms with Gasteiger partial charge in [-0.05, 0) is 95.3 Å². The number of hydrogen-bond donors (Lipinski definition) is 1. The van der Waals surface area contributed by atoms with Crippen LogP contribution in [0.25, 0.3) is 5.69 Å². The van der Waals surface area contributed by atoms with Gasteiger partial charge < -0.3 is 10.2 Å². The van der Waals surface area contributed by atoms with Crippen molar-refractivity contribution in [1.29, 1.82) is 0 Å². The first-order chi connectivity index (χ1) is 14.1. The number of nitrogens with zero attached hydrogens (tertiary/aromatic N) is 3. The Morgan fingerprint density at radius 1 is 1.14 bits per heavy atom. The quantitative estimate of drug-likeness (QED) is 0.744. The van der Waals surface area contributed by atoms with Crippen molar-refractivity contribution in [3.8, 4) is 5.69 Å². The second-order valence-electron chi connectivity index (χ2n) is 8.51. The van der Waals surface area contributed by atoms with Crippen LogP contribution in [0.15, 0.2) is 24.3 Å². The molecule has 1 saturated heterocycles. The number of nitrogens with one attached hydrogen (secondary N) is 1. The van der Waals surface area contributed by atoms with Gasteiger partial charge >= 0.3 is 0 Å². The summed E-state index contributed by atoms with van der Waals surface area (Å²) < 4.78 is 1.96. The normalized spacial score (nSPS) is 18.3. The fourth-order valence-corrected chi connectivity index (χ4v) is 4.70. The minimum absolute atomic E-state index is 0.0243. The van der Waals surface area contributed by atoms with Crippen LogP contribution in [0.3, 0.4) is 0 Å². The second-order valence-corrected chi connectivity index (χ2v) is 8.95. The van der Waals surface area contributed by atoms with Gasteiger partial charge in [0.1, 0.15) is 0 Å². The van der Waals surface area contributed by atoms with Crippen LogP contribution in [0.1, 0.15) is 60.3 Å². The zero-order chi connectivity index (χ0) is 20.2. The first-order valence-corrected chi connectivity index (χ1v) is 11.3. The molecule has 0 spiro atoms. The van der Waals surface area contributed by atoms with Crippen LogP contribution in [0.4, 0.5) is 0 Å². The molecule has 1 N–H and O–H groups in total. The summed E-state index contributed by atoms with van der Waals surface area (Å²) in [4.78, 5) is 15.4. The number of carbonyl (C=O) groups is 1. The van der Waals surface area contributed by atoms with Crippen molar-refractivity contribution < 1.29 is 4.79 Å². The molecule has 1 amide bonds. The Hall–Kier alpha value is -1.85. The number of hydrogen-bond acceptors (Lipinski definition) is 3. The summed E-state index contributed by atoms with van der Waals surface area (Å²) >= 11 is 6.06. The van der Waals surface area contributed by atoms with Crippen molar-refractivity contribution in [2.24, 2.45) is 5.92 Å². The van der Waals surface area contributed by atoms with Crippen LogP contribution in [0.2, 0.25) is 5.02 Å². The monoisotopic (exact) mass is 414 g/mol. The van der Waals surface area contributed by atoms with E-state index in [1.807, 2.05) is 28.9 Å². The maximum Gasteiger partial charge on any atom is 0.272 e. The van der Waals surface area contributed by atoms with Crippen molar-refractivity contribution >= 4 is 17.5 Å². The molecule has 6 heteroatoms. The van der Waals surface area contributed by atoms with Gasteiger partial charge in [0.05, 0.1) is 5.69 Å². The molecule has 0 atom stereocenters. The van der Waals surface area contributed by atoms with Crippen LogP contribution < -0.4 is 5.32 Å². The SMILES string of the molecule is CN1CCC(CCNC(=O)c2nn(-c3ccc(Cl)cc3)c3c2CCCCC3)CC1. The molecule has 0 bridgehead atoms. The van der Waals surface area contributed by atoms with Crippen LogP contribution in [-0.2, 0) is 12.8 Å². The zero-order valence-electron chi connectivity index (χ0n) is 17.3. The lowest BCUT2D eigenvalue weighted by Crippen LogP contribution is -2.33. The highest BCUT2D eigenvalue weighted by Gasteiger charge is 2.25. The number of piperidine rings is 1. The Morgan fingerprint density at radius 2 is 1.86 bits per heavy atom. The van der Waals surface area contributed by atoms with E-state index >= 15 is 0 Å². The lowest BCUT2D eigenvalue weighted by atomic mass is 9.94. The first kappa shape index (κ1) is 20.4. The van der Waals surface area contributed by atoms with E-state index in [-0.39, 0.29) is 5.91 Å². The van der Waals surface area contributed by atoms with Crippen molar-refractivity contribution in [3.05, 3.63) is 46.2 Å². The molecular weight excluding hydrogens is 384 g/mol. The Bertz CT molecular complexity index is 837. The van der Waals surface area contributed by atoms with Gasteiger partial charge in [0.25, 0.3) is 5.91 Å². The van der Waals surface area contributed by atoms with Gasteiger partial charge in [-0.15, -0.1) is 0 Å². The molecule has 156 valence electrons. The largest absolute Gasteiger partial charge is 0.351 e. The molecule has 5 nitrogen and oxygen atoms in total. The number of halogens is 1. The second kappa shape index (κ2) is 9.31. The third-order valence-electron chi connectivity index (χ3n) is 6.39. The molecule has 29 heavy (non-hydrogen) atoms. The molecule has 0 unspecified atom stereocenters. The van der Waals surface area contributed by atoms with Gasteiger partial charge in [-0.25, -0.2) is 4.68 Å². The molecule has 1 fully saturated rings. The van der Waals surface area contributed by atoms with Crippen molar-refractivity contribution in [2.45, 2.75) is 51.4 Å². The predicted molar refractivity (Wildman–Crippen MR) is 117 cm³/mol. The summed E-state index contributed by atoms with van der Waals surface area (Å²) in [6.45, 7) is 3.06. The standard InChI is InChI=1S/C23H31ClN4O/c1-27-15-12-17(13-16-27)11-14-25-23(29)22-20-5-3-2-4-6-21(20)28(26-22)19-9-7-18(24)8-10-19/h7-10,17H,2-6,11-16H2,1H3,(H,25,29). The van der Waals surface area contributed by atoms with E-state index in [0.29, 0.717) is 10.7 Å². The molecule has 0 saturated carbocycles. The number of benzene rings is 1. The lowest BCUT2D eigenvalue weighted by molar-refractivity contribution is 0.0942. The van der Waals surface area contributed by atoms with E-state index in [2.05, 4.69) is 17.3 Å². The molecule has 1 aromatic carbocycles. The number of likely N-dealkylation sites (tertiary alicyclic amines) is 1. The average molecular weight is 415 g/mol. The topological polar surface area (TPSA) is 50.2 Å². The summed E-state index contributed by atoms with van der Waals surface area (Å²) in [7, 11) is 2.18. The summed E-state index contributed by atoms with van der Waals surface area (Å²) in [5.41, 5.74) is 3.90. The van der Waals surface area contributed by atoms with Crippen LogP contribution in [0, 0.1) is 5.92 Å². The van der Waals surface area contributed by atoms with Gasteiger partial charge in [-0.3, -0.25) is 4.79 Å². The van der Waals surface area contributed by atoms with Gasteiger partial charge in [-0.1, -0.05) is 18.0 Å². The molecule has 4 rings (SSSR count). The molecule has 1 aliphatic heterocycles. The third kappa shape index (κ3) is 4.84. The van der Waals surface area contributed by atoms with E-state index in [1.165, 1.54) is 25.0 Å². The lowest BCUT2D eigenvalue weighted by Gasteiger charge is -2.28. The van der Waals surface area contributed by atoms with Crippen LogP contribution in [-0.4, -0.2) is 47.3 Å². The number of aromatic nitrogens is 2. The third-order valence-corrected chi connectivity index (χ3v) is 6.64. The predicted octanol–water partition coefficient (Wildman–Crippen LogP) is 4.26. The van der Waals surface area contributed by atoms with Gasteiger partial charge in [0, 0.05) is 22.8 Å². The minimum atomic E-state index is -0.0243. The maximum atomic E-state index is 13.0. The van der Waals surface area contributed by atoms with E-state index in [0.717, 1.165) is 68.9 Å². The van der Waals surface area contributed by atoms with Crippen molar-refractivity contribution in [2.75, 3.05) is 26.7 Å². The van der Waals surface area contributed by atoms with Gasteiger partial charge in [0.15, 0.2) is 5.69 Å². The minimum Gasteiger partial charge on any atom is -0.351 e. The molecule has 2 aromatic rings.